The smallest absolute Gasteiger partial charge is 0.416 e. The zero-order valence-corrected chi connectivity index (χ0v) is 9.51. The van der Waals surface area contributed by atoms with Crippen LogP contribution in [-0.4, -0.2) is 6.10 Å². The van der Waals surface area contributed by atoms with Crippen LogP contribution in [0.1, 0.15) is 25.0 Å². The van der Waals surface area contributed by atoms with Crippen molar-refractivity contribution in [3.8, 4) is 11.8 Å². The number of hydrogen-bond donors (Lipinski definition) is 0. The minimum absolute atomic E-state index is 0.0711. The minimum atomic E-state index is -4.43. The molecule has 1 aromatic rings. The van der Waals surface area contributed by atoms with Gasteiger partial charge in [0, 0.05) is 0 Å². The van der Waals surface area contributed by atoms with Crippen LogP contribution in [0.4, 0.5) is 13.2 Å². The molecule has 0 N–H and O–H groups in total. The molecule has 5 heteroatoms. The fraction of sp³-hybridized carbons (Fsp3) is 0.417. The van der Waals surface area contributed by atoms with Crippen LogP contribution in [0.2, 0.25) is 0 Å². The SMILES string of the molecule is CC(C)Oc1cc(CC#N)cc(C(F)(F)F)c1. The summed E-state index contributed by atoms with van der Waals surface area (Å²) in [6.45, 7) is 3.45. The van der Waals surface area contributed by atoms with Gasteiger partial charge in [0.2, 0.25) is 0 Å². The molecule has 2 nitrogen and oxygen atoms in total. The highest BCUT2D eigenvalue weighted by Crippen LogP contribution is 2.33. The summed E-state index contributed by atoms with van der Waals surface area (Å²) in [4.78, 5) is 0. The van der Waals surface area contributed by atoms with Crippen LogP contribution in [0, 0.1) is 11.3 Å². The van der Waals surface area contributed by atoms with Crippen molar-refractivity contribution in [1.29, 1.82) is 5.26 Å². The number of nitrogens with zero attached hydrogens (tertiary/aromatic N) is 1. The largest absolute Gasteiger partial charge is 0.491 e. The van der Waals surface area contributed by atoms with Crippen LogP contribution in [0.25, 0.3) is 0 Å². The summed E-state index contributed by atoms with van der Waals surface area (Å²) < 4.78 is 43.0. The van der Waals surface area contributed by atoms with Crippen LogP contribution >= 0.6 is 0 Å². The van der Waals surface area contributed by atoms with Gasteiger partial charge in [-0.1, -0.05) is 0 Å². The normalized spacial score (nSPS) is 11.4. The molecule has 17 heavy (non-hydrogen) atoms. The Morgan fingerprint density at radius 3 is 2.41 bits per heavy atom. The van der Waals surface area contributed by atoms with Gasteiger partial charge in [-0.3, -0.25) is 0 Å². The molecule has 0 aliphatic heterocycles. The highest BCUT2D eigenvalue weighted by molar-refractivity contribution is 5.37. The van der Waals surface area contributed by atoms with Crippen molar-refractivity contribution in [1.82, 2.24) is 0 Å². The van der Waals surface area contributed by atoms with E-state index in [1.165, 1.54) is 6.07 Å². The standard InChI is InChI=1S/C12H12F3NO/c1-8(2)17-11-6-9(3-4-16)5-10(7-11)12(13,14)15/h5-8H,3H2,1-2H3. The third-order valence-corrected chi connectivity index (χ3v) is 1.95. The van der Waals surface area contributed by atoms with E-state index in [4.69, 9.17) is 10.00 Å². The first-order valence-corrected chi connectivity index (χ1v) is 5.07. The number of nitriles is 1. The Labute approximate surface area is 97.6 Å². The molecule has 0 unspecified atom stereocenters. The lowest BCUT2D eigenvalue weighted by Crippen LogP contribution is -2.09. The van der Waals surface area contributed by atoms with E-state index in [2.05, 4.69) is 0 Å². The molecule has 0 aromatic heterocycles. The predicted octanol–water partition coefficient (Wildman–Crippen LogP) is 3.56. The molecule has 0 atom stereocenters. The van der Waals surface area contributed by atoms with Crippen LogP contribution in [0.5, 0.6) is 5.75 Å². The van der Waals surface area contributed by atoms with E-state index >= 15 is 0 Å². The molecular weight excluding hydrogens is 231 g/mol. The monoisotopic (exact) mass is 243 g/mol. The first-order valence-electron chi connectivity index (χ1n) is 5.07. The molecule has 1 aromatic carbocycles. The van der Waals surface area contributed by atoms with Crippen molar-refractivity contribution < 1.29 is 17.9 Å². The van der Waals surface area contributed by atoms with Gasteiger partial charge in [-0.05, 0) is 37.6 Å². The van der Waals surface area contributed by atoms with Crippen LogP contribution in [-0.2, 0) is 12.6 Å². The lowest BCUT2D eigenvalue weighted by Gasteiger charge is -2.14. The fourth-order valence-corrected chi connectivity index (χ4v) is 1.36. The number of halogens is 3. The molecule has 0 aliphatic rings. The molecule has 92 valence electrons. The predicted molar refractivity (Wildman–Crippen MR) is 56.5 cm³/mol. The van der Waals surface area contributed by atoms with Crippen molar-refractivity contribution in [2.75, 3.05) is 0 Å². The van der Waals surface area contributed by atoms with E-state index in [1.54, 1.807) is 13.8 Å². The summed E-state index contributed by atoms with van der Waals surface area (Å²) in [5, 5.41) is 8.51. The molecule has 0 aliphatic carbocycles. The summed E-state index contributed by atoms with van der Waals surface area (Å²) in [5.41, 5.74) is -0.487. The Morgan fingerprint density at radius 2 is 1.94 bits per heavy atom. The van der Waals surface area contributed by atoms with Gasteiger partial charge >= 0.3 is 6.18 Å². The van der Waals surface area contributed by atoms with Gasteiger partial charge in [-0.25, -0.2) is 0 Å². The van der Waals surface area contributed by atoms with E-state index < -0.39 is 11.7 Å². The second kappa shape index (κ2) is 5.09. The summed E-state index contributed by atoms with van der Waals surface area (Å²) >= 11 is 0. The van der Waals surface area contributed by atoms with Crippen LogP contribution < -0.4 is 4.74 Å². The number of ether oxygens (including phenoxy) is 1. The van der Waals surface area contributed by atoms with E-state index in [1.807, 2.05) is 6.07 Å². The first kappa shape index (κ1) is 13.4. The van der Waals surface area contributed by atoms with Crippen molar-refractivity contribution >= 4 is 0 Å². The highest BCUT2D eigenvalue weighted by atomic mass is 19.4. The highest BCUT2D eigenvalue weighted by Gasteiger charge is 2.31. The fourth-order valence-electron chi connectivity index (χ4n) is 1.36. The molecule has 0 saturated heterocycles. The van der Waals surface area contributed by atoms with Crippen LogP contribution in [0.3, 0.4) is 0 Å². The summed E-state index contributed by atoms with van der Waals surface area (Å²) in [5.74, 6) is 0.139. The molecule has 0 radical (unpaired) electrons. The summed E-state index contributed by atoms with van der Waals surface area (Å²) in [7, 11) is 0. The number of benzene rings is 1. The number of hydrogen-bond acceptors (Lipinski definition) is 2. The van der Waals surface area contributed by atoms with Gasteiger partial charge in [0.25, 0.3) is 0 Å². The van der Waals surface area contributed by atoms with Gasteiger partial charge in [-0.15, -0.1) is 0 Å². The van der Waals surface area contributed by atoms with Crippen molar-refractivity contribution in [3.63, 3.8) is 0 Å². The molecular formula is C12H12F3NO. The number of alkyl halides is 3. The van der Waals surface area contributed by atoms with Crippen molar-refractivity contribution in [3.05, 3.63) is 29.3 Å². The Morgan fingerprint density at radius 1 is 1.29 bits per heavy atom. The van der Waals surface area contributed by atoms with E-state index in [-0.39, 0.29) is 18.3 Å². The van der Waals surface area contributed by atoms with Crippen molar-refractivity contribution in [2.24, 2.45) is 0 Å². The van der Waals surface area contributed by atoms with Crippen molar-refractivity contribution in [2.45, 2.75) is 32.5 Å². The molecule has 0 heterocycles. The topological polar surface area (TPSA) is 33.0 Å². The Balaban J connectivity index is 3.15. The summed E-state index contributed by atoms with van der Waals surface area (Å²) in [6.07, 6.45) is -4.72. The van der Waals surface area contributed by atoms with E-state index in [0.717, 1.165) is 12.1 Å². The summed E-state index contributed by atoms with van der Waals surface area (Å²) in [6, 6.07) is 5.19. The van der Waals surface area contributed by atoms with Gasteiger partial charge < -0.3 is 4.74 Å². The van der Waals surface area contributed by atoms with Gasteiger partial charge in [0.05, 0.1) is 24.2 Å². The van der Waals surface area contributed by atoms with Gasteiger partial charge in [-0.2, -0.15) is 18.4 Å². The Bertz CT molecular complexity index is 432. The lowest BCUT2D eigenvalue weighted by molar-refractivity contribution is -0.137. The molecule has 0 fully saturated rings. The maximum absolute atomic E-state index is 12.6. The first-order chi connectivity index (χ1) is 7.82. The second-order valence-corrected chi connectivity index (χ2v) is 3.86. The molecule has 1 rings (SSSR count). The van der Waals surface area contributed by atoms with E-state index in [0.29, 0.717) is 5.56 Å². The molecule has 0 saturated carbocycles. The maximum Gasteiger partial charge on any atom is 0.416 e. The van der Waals surface area contributed by atoms with Crippen LogP contribution in [0.15, 0.2) is 18.2 Å². The van der Waals surface area contributed by atoms with Gasteiger partial charge in [0.1, 0.15) is 5.75 Å². The van der Waals surface area contributed by atoms with E-state index in [9.17, 15) is 13.2 Å². The average Bonchev–Trinajstić information content (AvgIpc) is 2.15. The quantitative estimate of drug-likeness (QED) is 0.813. The zero-order valence-electron chi connectivity index (χ0n) is 9.51. The second-order valence-electron chi connectivity index (χ2n) is 3.86. The zero-order chi connectivity index (χ0) is 13.1. The lowest BCUT2D eigenvalue weighted by atomic mass is 10.1. The molecule has 0 spiro atoms. The molecule has 0 amide bonds. The minimum Gasteiger partial charge on any atom is -0.491 e. The Kier molecular flexibility index (Phi) is 4.00. The maximum atomic E-state index is 12.6. The Hall–Kier alpha value is -1.70. The third kappa shape index (κ3) is 3.99. The third-order valence-electron chi connectivity index (χ3n) is 1.95. The number of rotatable bonds is 3. The average molecular weight is 243 g/mol. The van der Waals surface area contributed by atoms with Gasteiger partial charge in [0.15, 0.2) is 0 Å². The molecule has 0 bridgehead atoms.